The summed E-state index contributed by atoms with van der Waals surface area (Å²) in [6, 6.07) is 0. The topological polar surface area (TPSA) is 49.8 Å². The summed E-state index contributed by atoms with van der Waals surface area (Å²) in [6.45, 7) is 6.92. The molecule has 1 saturated heterocycles. The standard InChI is InChI=1S/C12H21NO3/c1-12(2,3)16-11(15)13-7-4-5-10(9-14)6-8-13/h9,14H,4-8H2,1-3H3/b10-9-. The van der Waals surface area contributed by atoms with Crippen LogP contribution >= 0.6 is 0 Å². The zero-order valence-electron chi connectivity index (χ0n) is 10.3. The van der Waals surface area contributed by atoms with Crippen LogP contribution in [0.3, 0.4) is 0 Å². The second-order valence-corrected chi connectivity index (χ2v) is 5.11. The number of carbonyl (C=O) groups excluding carboxylic acids is 1. The molecule has 0 atom stereocenters. The first-order valence-corrected chi connectivity index (χ1v) is 5.72. The molecule has 0 spiro atoms. The van der Waals surface area contributed by atoms with Crippen LogP contribution in [0.1, 0.15) is 40.0 Å². The molecule has 1 aliphatic rings. The molecule has 1 heterocycles. The van der Waals surface area contributed by atoms with Gasteiger partial charge in [-0.3, -0.25) is 0 Å². The number of hydrogen-bond donors (Lipinski definition) is 1. The van der Waals surface area contributed by atoms with E-state index in [-0.39, 0.29) is 6.09 Å². The highest BCUT2D eigenvalue weighted by molar-refractivity contribution is 5.68. The molecule has 1 amide bonds. The first-order chi connectivity index (χ1) is 7.42. The second-order valence-electron chi connectivity index (χ2n) is 5.11. The van der Waals surface area contributed by atoms with Gasteiger partial charge >= 0.3 is 6.09 Å². The number of ether oxygens (including phenoxy) is 1. The lowest BCUT2D eigenvalue weighted by molar-refractivity contribution is 0.0258. The Balaban J connectivity index is 2.51. The number of amides is 1. The molecule has 0 saturated carbocycles. The number of aliphatic hydroxyl groups is 1. The lowest BCUT2D eigenvalue weighted by atomic mass is 10.1. The molecule has 0 aromatic rings. The third-order valence-electron chi connectivity index (χ3n) is 2.46. The van der Waals surface area contributed by atoms with E-state index in [9.17, 15) is 4.79 Å². The van der Waals surface area contributed by atoms with Crippen molar-refractivity contribution in [3.05, 3.63) is 11.8 Å². The van der Waals surface area contributed by atoms with E-state index in [0.717, 1.165) is 24.8 Å². The van der Waals surface area contributed by atoms with Gasteiger partial charge in [0.05, 0.1) is 6.26 Å². The van der Waals surface area contributed by atoms with Gasteiger partial charge in [0.1, 0.15) is 5.60 Å². The lowest BCUT2D eigenvalue weighted by Gasteiger charge is -2.26. The molecule has 16 heavy (non-hydrogen) atoms. The molecule has 1 aliphatic heterocycles. The summed E-state index contributed by atoms with van der Waals surface area (Å²) in [4.78, 5) is 13.5. The average Bonchev–Trinajstić information content (AvgIpc) is 2.39. The minimum Gasteiger partial charge on any atom is -0.516 e. The third kappa shape index (κ3) is 4.13. The van der Waals surface area contributed by atoms with Gasteiger partial charge in [0.25, 0.3) is 0 Å². The summed E-state index contributed by atoms with van der Waals surface area (Å²) >= 11 is 0. The first-order valence-electron chi connectivity index (χ1n) is 5.72. The summed E-state index contributed by atoms with van der Waals surface area (Å²) in [5, 5.41) is 8.93. The molecule has 0 unspecified atom stereocenters. The van der Waals surface area contributed by atoms with Crippen LogP contribution < -0.4 is 0 Å². The van der Waals surface area contributed by atoms with Crippen molar-refractivity contribution in [2.24, 2.45) is 0 Å². The van der Waals surface area contributed by atoms with E-state index in [1.807, 2.05) is 20.8 Å². The average molecular weight is 227 g/mol. The van der Waals surface area contributed by atoms with Gasteiger partial charge in [-0.15, -0.1) is 0 Å². The molecular formula is C12H21NO3. The van der Waals surface area contributed by atoms with E-state index in [1.165, 1.54) is 6.26 Å². The highest BCUT2D eigenvalue weighted by atomic mass is 16.6. The Morgan fingerprint density at radius 1 is 1.38 bits per heavy atom. The van der Waals surface area contributed by atoms with Crippen LogP contribution in [0.5, 0.6) is 0 Å². The monoisotopic (exact) mass is 227 g/mol. The Kier molecular flexibility index (Phi) is 4.21. The zero-order valence-corrected chi connectivity index (χ0v) is 10.3. The van der Waals surface area contributed by atoms with E-state index < -0.39 is 5.60 Å². The fourth-order valence-electron chi connectivity index (χ4n) is 1.65. The van der Waals surface area contributed by atoms with E-state index in [4.69, 9.17) is 9.84 Å². The fourth-order valence-corrected chi connectivity index (χ4v) is 1.65. The van der Waals surface area contributed by atoms with Gasteiger partial charge in [0.15, 0.2) is 0 Å². The number of hydrogen-bond acceptors (Lipinski definition) is 3. The Bertz CT molecular complexity index is 278. The summed E-state index contributed by atoms with van der Waals surface area (Å²) in [6.07, 6.45) is 3.38. The minimum atomic E-state index is -0.445. The van der Waals surface area contributed by atoms with Gasteiger partial charge in [-0.25, -0.2) is 4.79 Å². The largest absolute Gasteiger partial charge is 0.516 e. The highest BCUT2D eigenvalue weighted by Gasteiger charge is 2.23. The Labute approximate surface area is 96.9 Å². The Hall–Kier alpha value is -1.19. The SMILES string of the molecule is CC(C)(C)OC(=O)N1CCC/C(=C/O)CC1. The Morgan fingerprint density at radius 3 is 2.62 bits per heavy atom. The fraction of sp³-hybridized carbons (Fsp3) is 0.750. The van der Waals surface area contributed by atoms with Gasteiger partial charge in [-0.2, -0.15) is 0 Å². The van der Waals surface area contributed by atoms with Crippen molar-refractivity contribution in [2.75, 3.05) is 13.1 Å². The number of carbonyl (C=O) groups is 1. The molecule has 4 nitrogen and oxygen atoms in total. The van der Waals surface area contributed by atoms with E-state index in [0.29, 0.717) is 13.1 Å². The minimum absolute atomic E-state index is 0.258. The van der Waals surface area contributed by atoms with Crippen LogP contribution in [0.2, 0.25) is 0 Å². The summed E-state index contributed by atoms with van der Waals surface area (Å²) in [5.74, 6) is 0. The molecule has 0 aromatic carbocycles. The molecule has 92 valence electrons. The zero-order chi connectivity index (χ0) is 12.2. The van der Waals surface area contributed by atoms with Crippen molar-refractivity contribution in [2.45, 2.75) is 45.6 Å². The molecule has 1 rings (SSSR count). The van der Waals surface area contributed by atoms with Crippen molar-refractivity contribution >= 4 is 6.09 Å². The Morgan fingerprint density at radius 2 is 2.06 bits per heavy atom. The predicted molar refractivity (Wildman–Crippen MR) is 62.4 cm³/mol. The van der Waals surface area contributed by atoms with Crippen LogP contribution in [-0.4, -0.2) is 34.8 Å². The van der Waals surface area contributed by atoms with Crippen molar-refractivity contribution in [3.8, 4) is 0 Å². The van der Waals surface area contributed by atoms with Crippen molar-refractivity contribution < 1.29 is 14.6 Å². The maximum Gasteiger partial charge on any atom is 0.410 e. The van der Waals surface area contributed by atoms with E-state index in [1.54, 1.807) is 4.90 Å². The van der Waals surface area contributed by atoms with Crippen molar-refractivity contribution in [1.29, 1.82) is 0 Å². The maximum absolute atomic E-state index is 11.8. The van der Waals surface area contributed by atoms with Crippen molar-refractivity contribution in [3.63, 3.8) is 0 Å². The van der Waals surface area contributed by atoms with Gasteiger partial charge < -0.3 is 14.7 Å². The number of rotatable bonds is 0. The molecular weight excluding hydrogens is 206 g/mol. The normalized spacial score (nSPS) is 20.7. The third-order valence-corrected chi connectivity index (χ3v) is 2.46. The van der Waals surface area contributed by atoms with Crippen LogP contribution in [0.4, 0.5) is 4.79 Å². The molecule has 1 N–H and O–H groups in total. The summed E-state index contributed by atoms with van der Waals surface area (Å²) in [5.41, 5.74) is 0.560. The molecule has 0 aliphatic carbocycles. The van der Waals surface area contributed by atoms with Gasteiger partial charge in [-0.1, -0.05) is 0 Å². The lowest BCUT2D eigenvalue weighted by Crippen LogP contribution is -2.37. The number of aliphatic hydroxyl groups excluding tert-OH is 1. The van der Waals surface area contributed by atoms with Crippen LogP contribution in [0, 0.1) is 0 Å². The molecule has 4 heteroatoms. The van der Waals surface area contributed by atoms with Gasteiger partial charge in [0, 0.05) is 13.1 Å². The van der Waals surface area contributed by atoms with Crippen molar-refractivity contribution in [1.82, 2.24) is 4.90 Å². The van der Waals surface area contributed by atoms with Crippen LogP contribution in [0.15, 0.2) is 11.8 Å². The number of nitrogens with zero attached hydrogens (tertiary/aromatic N) is 1. The quantitative estimate of drug-likeness (QED) is 0.647. The highest BCUT2D eigenvalue weighted by Crippen LogP contribution is 2.18. The summed E-state index contributed by atoms with van der Waals surface area (Å²) < 4.78 is 5.31. The van der Waals surface area contributed by atoms with Crippen LogP contribution in [0.25, 0.3) is 0 Å². The maximum atomic E-state index is 11.8. The molecule has 1 fully saturated rings. The van der Waals surface area contributed by atoms with E-state index >= 15 is 0 Å². The predicted octanol–water partition coefficient (Wildman–Crippen LogP) is 2.85. The first kappa shape index (κ1) is 12.9. The smallest absolute Gasteiger partial charge is 0.410 e. The van der Waals surface area contributed by atoms with Gasteiger partial charge in [0.2, 0.25) is 0 Å². The number of likely N-dealkylation sites (tertiary alicyclic amines) is 1. The summed E-state index contributed by atoms with van der Waals surface area (Å²) in [7, 11) is 0. The van der Waals surface area contributed by atoms with Gasteiger partial charge in [-0.05, 0) is 45.6 Å². The molecule has 0 radical (unpaired) electrons. The second kappa shape index (κ2) is 5.23. The molecule has 0 bridgehead atoms. The molecule has 0 aromatic heterocycles. The van der Waals surface area contributed by atoms with Crippen LogP contribution in [-0.2, 0) is 4.74 Å². The van der Waals surface area contributed by atoms with E-state index in [2.05, 4.69) is 0 Å².